The number of amides is 1. The second kappa shape index (κ2) is 9.39. The Labute approximate surface area is 166 Å². The van der Waals surface area contributed by atoms with E-state index in [1.165, 1.54) is 32.2 Å². The topological polar surface area (TPSA) is 81.7 Å². The van der Waals surface area contributed by atoms with Gasteiger partial charge in [0.05, 0.1) is 22.7 Å². The third kappa shape index (κ3) is 5.45. The normalized spacial score (nSPS) is 11.4. The van der Waals surface area contributed by atoms with Crippen molar-refractivity contribution in [3.8, 4) is 5.75 Å². The highest BCUT2D eigenvalue weighted by molar-refractivity contribution is 6.34. The minimum absolute atomic E-state index is 0.239. The van der Waals surface area contributed by atoms with Gasteiger partial charge in [-0.1, -0.05) is 35.3 Å². The first kappa shape index (κ1) is 20.7. The molecule has 0 heterocycles. The van der Waals surface area contributed by atoms with Gasteiger partial charge in [0.2, 0.25) is 0 Å². The molecule has 2 aromatic rings. The standard InChI is InChI=1S/C19H17Cl2NO5/c1-11(22-18(24)13-5-3-4-6-14(13)20)19(25)27-10-16(23)12-7-8-17(26-2)15(21)9-12/h3-9,11H,10H2,1-2H3,(H,22,24)/t11-/m0/s1. The molecule has 1 atom stereocenters. The van der Waals surface area contributed by atoms with E-state index in [0.717, 1.165) is 0 Å². The summed E-state index contributed by atoms with van der Waals surface area (Å²) in [4.78, 5) is 36.3. The zero-order valence-corrected chi connectivity index (χ0v) is 16.1. The Morgan fingerprint density at radius 3 is 2.41 bits per heavy atom. The Balaban J connectivity index is 1.91. The highest BCUT2D eigenvalue weighted by atomic mass is 35.5. The molecule has 0 bridgehead atoms. The van der Waals surface area contributed by atoms with Gasteiger partial charge in [0, 0.05) is 5.56 Å². The average molecular weight is 410 g/mol. The lowest BCUT2D eigenvalue weighted by Gasteiger charge is -2.14. The molecule has 2 aromatic carbocycles. The molecule has 0 spiro atoms. The largest absolute Gasteiger partial charge is 0.495 e. The van der Waals surface area contributed by atoms with E-state index < -0.39 is 30.3 Å². The lowest BCUT2D eigenvalue weighted by Crippen LogP contribution is -2.40. The second-order valence-electron chi connectivity index (χ2n) is 5.56. The van der Waals surface area contributed by atoms with Gasteiger partial charge >= 0.3 is 5.97 Å². The maximum Gasteiger partial charge on any atom is 0.328 e. The number of methoxy groups -OCH3 is 1. The number of esters is 1. The highest BCUT2D eigenvalue weighted by Gasteiger charge is 2.20. The van der Waals surface area contributed by atoms with Gasteiger partial charge in [-0.25, -0.2) is 4.79 Å². The van der Waals surface area contributed by atoms with Crippen molar-refractivity contribution in [2.75, 3.05) is 13.7 Å². The van der Waals surface area contributed by atoms with E-state index in [1.807, 2.05) is 0 Å². The summed E-state index contributed by atoms with van der Waals surface area (Å²) >= 11 is 11.9. The fourth-order valence-corrected chi connectivity index (χ4v) is 2.64. The smallest absolute Gasteiger partial charge is 0.328 e. The number of Topliss-reactive ketones (excluding diaryl/α,β-unsaturated/α-hetero) is 1. The minimum atomic E-state index is -0.957. The molecule has 0 unspecified atom stereocenters. The summed E-state index contributed by atoms with van der Waals surface area (Å²) in [6.07, 6.45) is 0. The molecule has 0 radical (unpaired) electrons. The van der Waals surface area contributed by atoms with Crippen molar-refractivity contribution < 1.29 is 23.9 Å². The van der Waals surface area contributed by atoms with Gasteiger partial charge in [0.1, 0.15) is 11.8 Å². The van der Waals surface area contributed by atoms with Crippen molar-refractivity contribution in [3.05, 3.63) is 63.6 Å². The van der Waals surface area contributed by atoms with Gasteiger partial charge in [0.25, 0.3) is 5.91 Å². The van der Waals surface area contributed by atoms with Crippen LogP contribution in [0.3, 0.4) is 0 Å². The Morgan fingerprint density at radius 2 is 1.78 bits per heavy atom. The van der Waals surface area contributed by atoms with Crippen LogP contribution in [0.15, 0.2) is 42.5 Å². The fraction of sp³-hybridized carbons (Fsp3) is 0.211. The van der Waals surface area contributed by atoms with E-state index in [0.29, 0.717) is 5.75 Å². The summed E-state index contributed by atoms with van der Waals surface area (Å²) < 4.78 is 9.99. The van der Waals surface area contributed by atoms with Crippen LogP contribution in [0, 0.1) is 0 Å². The maximum atomic E-state index is 12.1. The first-order chi connectivity index (χ1) is 12.8. The quantitative estimate of drug-likeness (QED) is 0.558. The summed E-state index contributed by atoms with van der Waals surface area (Å²) in [5, 5.41) is 3.02. The summed E-state index contributed by atoms with van der Waals surface area (Å²) in [5.41, 5.74) is 0.518. The van der Waals surface area contributed by atoms with E-state index in [9.17, 15) is 14.4 Å². The molecule has 1 N–H and O–H groups in total. The van der Waals surface area contributed by atoms with Gasteiger partial charge in [-0.3, -0.25) is 9.59 Å². The fourth-order valence-electron chi connectivity index (χ4n) is 2.16. The Hall–Kier alpha value is -2.57. The molecule has 0 aromatic heterocycles. The molecule has 0 fully saturated rings. The number of carbonyl (C=O) groups excluding carboxylic acids is 3. The first-order valence-corrected chi connectivity index (χ1v) is 8.68. The van der Waals surface area contributed by atoms with Crippen molar-refractivity contribution in [2.45, 2.75) is 13.0 Å². The monoisotopic (exact) mass is 409 g/mol. The molecule has 0 saturated heterocycles. The summed E-state index contributed by atoms with van der Waals surface area (Å²) in [7, 11) is 1.46. The van der Waals surface area contributed by atoms with Crippen molar-refractivity contribution >= 4 is 40.9 Å². The van der Waals surface area contributed by atoms with E-state index in [-0.39, 0.29) is 21.2 Å². The predicted octanol–water partition coefficient (Wildman–Crippen LogP) is 3.55. The second-order valence-corrected chi connectivity index (χ2v) is 6.37. The van der Waals surface area contributed by atoms with Crippen LogP contribution in [0.25, 0.3) is 0 Å². The lowest BCUT2D eigenvalue weighted by atomic mass is 10.1. The van der Waals surface area contributed by atoms with Crippen molar-refractivity contribution in [2.24, 2.45) is 0 Å². The van der Waals surface area contributed by atoms with E-state index >= 15 is 0 Å². The molecule has 0 saturated carbocycles. The van der Waals surface area contributed by atoms with E-state index in [2.05, 4.69) is 5.32 Å². The summed E-state index contributed by atoms with van der Waals surface area (Å²) in [6, 6.07) is 9.98. The maximum absolute atomic E-state index is 12.1. The van der Waals surface area contributed by atoms with Crippen molar-refractivity contribution in [1.29, 1.82) is 0 Å². The van der Waals surface area contributed by atoms with Crippen molar-refractivity contribution in [3.63, 3.8) is 0 Å². The van der Waals surface area contributed by atoms with Gasteiger partial charge in [-0.05, 0) is 37.3 Å². The predicted molar refractivity (Wildman–Crippen MR) is 102 cm³/mol. The van der Waals surface area contributed by atoms with Crippen LogP contribution in [-0.4, -0.2) is 37.4 Å². The minimum Gasteiger partial charge on any atom is -0.495 e. The van der Waals surface area contributed by atoms with Crippen molar-refractivity contribution in [1.82, 2.24) is 5.32 Å². The molecular weight excluding hydrogens is 393 g/mol. The van der Waals surface area contributed by atoms with E-state index in [4.69, 9.17) is 32.7 Å². The molecule has 6 nitrogen and oxygen atoms in total. The molecule has 8 heteroatoms. The molecule has 0 aliphatic carbocycles. The Kier molecular flexibility index (Phi) is 7.21. The molecule has 2 rings (SSSR count). The first-order valence-electron chi connectivity index (χ1n) is 7.92. The van der Waals surface area contributed by atoms with Gasteiger partial charge in [-0.2, -0.15) is 0 Å². The number of benzene rings is 2. The number of hydrogen-bond donors (Lipinski definition) is 1. The molecule has 27 heavy (non-hydrogen) atoms. The van der Waals surface area contributed by atoms with Crippen LogP contribution >= 0.6 is 23.2 Å². The number of nitrogens with one attached hydrogen (secondary N) is 1. The molecule has 0 aliphatic rings. The van der Waals surface area contributed by atoms with Crippen LogP contribution in [0.4, 0.5) is 0 Å². The Bertz CT molecular complexity index is 869. The third-order valence-electron chi connectivity index (χ3n) is 3.64. The highest BCUT2D eigenvalue weighted by Crippen LogP contribution is 2.25. The summed E-state index contributed by atoms with van der Waals surface area (Å²) in [5.74, 6) is -1.26. The molecular formula is C19H17Cl2NO5. The molecule has 1 amide bonds. The van der Waals surface area contributed by atoms with E-state index in [1.54, 1.807) is 24.3 Å². The Morgan fingerprint density at radius 1 is 1.07 bits per heavy atom. The number of carbonyl (C=O) groups is 3. The van der Waals surface area contributed by atoms with Crippen LogP contribution in [0.1, 0.15) is 27.6 Å². The third-order valence-corrected chi connectivity index (χ3v) is 4.26. The number of ether oxygens (including phenoxy) is 2. The SMILES string of the molecule is COc1ccc(C(=O)COC(=O)[C@H](C)NC(=O)c2ccccc2Cl)cc1Cl. The summed E-state index contributed by atoms with van der Waals surface area (Å²) in [6.45, 7) is 0.972. The number of ketones is 1. The average Bonchev–Trinajstić information content (AvgIpc) is 2.65. The van der Waals surface area contributed by atoms with Gasteiger partial charge in [0.15, 0.2) is 12.4 Å². The van der Waals surface area contributed by atoms with Crippen LogP contribution in [0.5, 0.6) is 5.75 Å². The zero-order chi connectivity index (χ0) is 20.0. The molecule has 0 aliphatic heterocycles. The van der Waals surface area contributed by atoms with Crippen LogP contribution in [-0.2, 0) is 9.53 Å². The zero-order valence-electron chi connectivity index (χ0n) is 14.6. The number of halogens is 2. The number of hydrogen-bond acceptors (Lipinski definition) is 5. The van der Waals surface area contributed by atoms with Gasteiger partial charge < -0.3 is 14.8 Å². The number of rotatable bonds is 7. The van der Waals surface area contributed by atoms with Crippen LogP contribution in [0.2, 0.25) is 10.0 Å². The van der Waals surface area contributed by atoms with Gasteiger partial charge in [-0.15, -0.1) is 0 Å². The van der Waals surface area contributed by atoms with Crippen LogP contribution < -0.4 is 10.1 Å². The molecule has 142 valence electrons. The lowest BCUT2D eigenvalue weighted by molar-refractivity contribution is -0.144.